The van der Waals surface area contributed by atoms with Crippen molar-refractivity contribution in [2.45, 2.75) is 32.6 Å². The zero-order chi connectivity index (χ0) is 9.03. The monoisotopic (exact) mass is 170 g/mol. The van der Waals surface area contributed by atoms with Gasteiger partial charge in [0, 0.05) is 13.0 Å². The van der Waals surface area contributed by atoms with Crippen LogP contribution in [-0.2, 0) is 4.79 Å². The first-order valence-corrected chi connectivity index (χ1v) is 4.69. The van der Waals surface area contributed by atoms with Gasteiger partial charge in [0.05, 0.1) is 0 Å². The van der Waals surface area contributed by atoms with Crippen LogP contribution in [0.1, 0.15) is 32.6 Å². The molecule has 3 N–H and O–H groups in total. The van der Waals surface area contributed by atoms with Crippen LogP contribution in [-0.4, -0.2) is 19.0 Å². The van der Waals surface area contributed by atoms with Crippen molar-refractivity contribution in [3.63, 3.8) is 0 Å². The molecule has 0 aromatic carbocycles. The highest BCUT2D eigenvalue weighted by molar-refractivity contribution is 5.76. The Morgan fingerprint density at radius 2 is 2.25 bits per heavy atom. The molecule has 0 spiro atoms. The third-order valence-corrected chi connectivity index (χ3v) is 2.76. The van der Waals surface area contributed by atoms with Gasteiger partial charge in [-0.3, -0.25) is 4.79 Å². The van der Waals surface area contributed by atoms with E-state index in [-0.39, 0.29) is 11.3 Å². The fourth-order valence-electron chi connectivity index (χ4n) is 1.73. The maximum absolute atomic E-state index is 11.2. The van der Waals surface area contributed by atoms with Crippen LogP contribution in [0.3, 0.4) is 0 Å². The maximum atomic E-state index is 11.2. The molecule has 12 heavy (non-hydrogen) atoms. The van der Waals surface area contributed by atoms with Gasteiger partial charge in [0.1, 0.15) is 0 Å². The van der Waals surface area contributed by atoms with Crippen molar-refractivity contribution in [3.8, 4) is 0 Å². The third kappa shape index (κ3) is 1.97. The molecule has 1 rings (SSSR count). The van der Waals surface area contributed by atoms with E-state index in [0.717, 1.165) is 19.4 Å². The van der Waals surface area contributed by atoms with E-state index in [9.17, 15) is 4.79 Å². The second-order valence-electron chi connectivity index (χ2n) is 3.69. The van der Waals surface area contributed by atoms with E-state index in [2.05, 4.69) is 5.32 Å². The summed E-state index contributed by atoms with van der Waals surface area (Å²) in [5.74, 6) is 0.155. The largest absolute Gasteiger partial charge is 0.356 e. The molecule has 70 valence electrons. The molecule has 0 bridgehead atoms. The lowest BCUT2D eigenvalue weighted by Gasteiger charge is -2.40. The van der Waals surface area contributed by atoms with Crippen molar-refractivity contribution in [3.05, 3.63) is 0 Å². The number of carbonyl (C=O) groups is 1. The molecular formula is C9H18N2O. The number of nitrogens with two attached hydrogens (primary N) is 1. The zero-order valence-electron chi connectivity index (χ0n) is 7.73. The molecule has 0 saturated heterocycles. The number of hydrogen-bond donors (Lipinski definition) is 2. The molecule has 0 aromatic rings. The highest BCUT2D eigenvalue weighted by Crippen LogP contribution is 2.42. The van der Waals surface area contributed by atoms with Gasteiger partial charge in [-0.1, -0.05) is 6.42 Å². The van der Waals surface area contributed by atoms with Crippen LogP contribution in [0.4, 0.5) is 0 Å². The summed E-state index contributed by atoms with van der Waals surface area (Å²) in [5, 5.41) is 2.81. The Labute approximate surface area is 73.7 Å². The van der Waals surface area contributed by atoms with E-state index in [1.165, 1.54) is 6.42 Å². The average Bonchev–Trinajstić information content (AvgIpc) is 1.97. The maximum Gasteiger partial charge on any atom is 0.220 e. The van der Waals surface area contributed by atoms with Crippen molar-refractivity contribution >= 4 is 5.91 Å². The number of amides is 1. The van der Waals surface area contributed by atoms with E-state index in [4.69, 9.17) is 5.73 Å². The standard InChI is InChI=1S/C9H18N2O/c1-2-11-8(12)6-9(7-10)4-3-5-9/h2-7,10H2,1H3,(H,11,12). The number of nitrogens with one attached hydrogen (secondary N) is 1. The predicted octanol–water partition coefficient (Wildman–Crippen LogP) is 0.642. The molecule has 0 heterocycles. The van der Waals surface area contributed by atoms with E-state index in [1.54, 1.807) is 0 Å². The first-order chi connectivity index (χ1) is 5.72. The summed E-state index contributed by atoms with van der Waals surface area (Å²) in [6, 6.07) is 0. The molecule has 0 aromatic heterocycles. The number of carbonyl (C=O) groups excluding carboxylic acids is 1. The van der Waals surface area contributed by atoms with Gasteiger partial charge in [-0.2, -0.15) is 0 Å². The van der Waals surface area contributed by atoms with E-state index < -0.39 is 0 Å². The quantitative estimate of drug-likeness (QED) is 0.650. The van der Waals surface area contributed by atoms with Crippen molar-refractivity contribution in [1.29, 1.82) is 0 Å². The van der Waals surface area contributed by atoms with Gasteiger partial charge in [0.2, 0.25) is 5.91 Å². The van der Waals surface area contributed by atoms with Crippen LogP contribution >= 0.6 is 0 Å². The Morgan fingerprint density at radius 1 is 1.58 bits per heavy atom. The van der Waals surface area contributed by atoms with Gasteiger partial charge in [-0.05, 0) is 31.7 Å². The third-order valence-electron chi connectivity index (χ3n) is 2.76. The van der Waals surface area contributed by atoms with Crippen LogP contribution in [0.5, 0.6) is 0 Å². The Hall–Kier alpha value is -0.570. The normalized spacial score (nSPS) is 19.8. The predicted molar refractivity (Wildman–Crippen MR) is 48.6 cm³/mol. The lowest BCUT2D eigenvalue weighted by Crippen LogP contribution is -2.41. The fourth-order valence-corrected chi connectivity index (χ4v) is 1.73. The van der Waals surface area contributed by atoms with Gasteiger partial charge in [-0.15, -0.1) is 0 Å². The Morgan fingerprint density at radius 3 is 2.58 bits per heavy atom. The molecule has 3 nitrogen and oxygen atoms in total. The average molecular weight is 170 g/mol. The van der Waals surface area contributed by atoms with Gasteiger partial charge < -0.3 is 11.1 Å². The van der Waals surface area contributed by atoms with E-state index in [1.807, 2.05) is 6.92 Å². The molecular weight excluding hydrogens is 152 g/mol. The molecule has 0 radical (unpaired) electrons. The number of rotatable bonds is 4. The summed E-state index contributed by atoms with van der Waals surface area (Å²) >= 11 is 0. The van der Waals surface area contributed by atoms with Gasteiger partial charge in [0.15, 0.2) is 0 Å². The summed E-state index contributed by atoms with van der Waals surface area (Å²) in [4.78, 5) is 11.2. The van der Waals surface area contributed by atoms with Crippen molar-refractivity contribution < 1.29 is 4.79 Å². The van der Waals surface area contributed by atoms with Crippen LogP contribution in [0.25, 0.3) is 0 Å². The summed E-state index contributed by atoms with van der Waals surface area (Å²) in [5.41, 5.74) is 5.79. The van der Waals surface area contributed by atoms with Gasteiger partial charge in [0.25, 0.3) is 0 Å². The molecule has 0 unspecified atom stereocenters. The van der Waals surface area contributed by atoms with Crippen molar-refractivity contribution in [2.24, 2.45) is 11.1 Å². The first kappa shape index (κ1) is 9.52. The summed E-state index contributed by atoms with van der Waals surface area (Å²) in [7, 11) is 0. The second-order valence-corrected chi connectivity index (χ2v) is 3.69. The fraction of sp³-hybridized carbons (Fsp3) is 0.889. The molecule has 3 heteroatoms. The lowest BCUT2D eigenvalue weighted by molar-refractivity contribution is -0.124. The molecule has 0 atom stereocenters. The zero-order valence-corrected chi connectivity index (χ0v) is 7.73. The van der Waals surface area contributed by atoms with E-state index >= 15 is 0 Å². The molecule has 1 amide bonds. The summed E-state index contributed by atoms with van der Waals surface area (Å²) < 4.78 is 0. The van der Waals surface area contributed by atoms with Crippen molar-refractivity contribution in [2.75, 3.05) is 13.1 Å². The van der Waals surface area contributed by atoms with Crippen molar-refractivity contribution in [1.82, 2.24) is 5.32 Å². The molecule has 0 aliphatic heterocycles. The highest BCUT2D eigenvalue weighted by Gasteiger charge is 2.37. The summed E-state index contributed by atoms with van der Waals surface area (Å²) in [6.07, 6.45) is 4.11. The van der Waals surface area contributed by atoms with E-state index in [0.29, 0.717) is 13.0 Å². The minimum atomic E-state index is 0.152. The molecule has 1 fully saturated rings. The molecule has 1 aliphatic rings. The van der Waals surface area contributed by atoms with Gasteiger partial charge >= 0.3 is 0 Å². The Bertz CT molecular complexity index is 158. The lowest BCUT2D eigenvalue weighted by atomic mass is 9.66. The smallest absolute Gasteiger partial charge is 0.220 e. The second kappa shape index (κ2) is 3.90. The Kier molecular flexibility index (Phi) is 3.09. The number of hydrogen-bond acceptors (Lipinski definition) is 2. The minimum Gasteiger partial charge on any atom is -0.356 e. The SMILES string of the molecule is CCNC(=O)CC1(CN)CCC1. The van der Waals surface area contributed by atoms with Crippen LogP contribution in [0.15, 0.2) is 0 Å². The first-order valence-electron chi connectivity index (χ1n) is 4.69. The van der Waals surface area contributed by atoms with Crippen LogP contribution in [0.2, 0.25) is 0 Å². The summed E-state index contributed by atoms with van der Waals surface area (Å²) in [6.45, 7) is 3.32. The Balaban J connectivity index is 2.32. The molecule has 1 saturated carbocycles. The van der Waals surface area contributed by atoms with Gasteiger partial charge in [-0.25, -0.2) is 0 Å². The van der Waals surface area contributed by atoms with Crippen LogP contribution < -0.4 is 11.1 Å². The highest BCUT2D eigenvalue weighted by atomic mass is 16.1. The molecule has 1 aliphatic carbocycles. The van der Waals surface area contributed by atoms with Crippen LogP contribution in [0, 0.1) is 5.41 Å². The topological polar surface area (TPSA) is 55.1 Å². The minimum absolute atomic E-state index is 0.152.